The quantitative estimate of drug-likeness (QED) is 0.627. The van der Waals surface area contributed by atoms with Crippen LogP contribution in [-0.4, -0.2) is 50.2 Å². The van der Waals surface area contributed by atoms with Crippen LogP contribution in [0.5, 0.6) is 0 Å². The van der Waals surface area contributed by atoms with Crippen LogP contribution in [0.1, 0.15) is 12.5 Å². The van der Waals surface area contributed by atoms with Crippen LogP contribution in [-0.2, 0) is 9.47 Å². The topological polar surface area (TPSA) is 63.2 Å². The number of amides is 2. The number of nitrogens with zero attached hydrogens (tertiary/aromatic N) is 2. The van der Waals surface area contributed by atoms with Gasteiger partial charge in [-0.05, 0) is 48.9 Å². The Morgan fingerprint density at radius 2 is 1.72 bits per heavy atom. The zero-order chi connectivity index (χ0) is 20.9. The van der Waals surface area contributed by atoms with Crippen LogP contribution >= 0.6 is 23.2 Å². The Kier molecular flexibility index (Phi) is 7.14. The lowest BCUT2D eigenvalue weighted by Gasteiger charge is -2.26. The molecule has 1 heterocycles. The van der Waals surface area contributed by atoms with E-state index in [0.717, 1.165) is 11.3 Å². The number of hydrazone groups is 1. The third kappa shape index (κ3) is 5.48. The van der Waals surface area contributed by atoms with Crippen molar-refractivity contribution >= 4 is 40.6 Å². The number of nitrogens with one attached hydrogen (secondary N) is 1. The molecule has 6 nitrogen and oxygen atoms in total. The van der Waals surface area contributed by atoms with Crippen LogP contribution in [0.4, 0.5) is 10.5 Å². The summed E-state index contributed by atoms with van der Waals surface area (Å²) in [5, 5.41) is 10.1. The Hall–Kier alpha value is -2.12. The maximum atomic E-state index is 12.8. The molecule has 1 atom stereocenters. The normalized spacial score (nSPS) is 18.6. The third-order valence-corrected chi connectivity index (χ3v) is 5.10. The average Bonchev–Trinajstić information content (AvgIpc) is 3.06. The van der Waals surface area contributed by atoms with Crippen molar-refractivity contribution in [1.29, 1.82) is 0 Å². The monoisotopic (exact) mass is 435 g/mol. The maximum Gasteiger partial charge on any atom is 0.342 e. The number of halogens is 2. The number of anilines is 1. The summed E-state index contributed by atoms with van der Waals surface area (Å²) >= 11 is 11.9. The molecule has 3 rings (SSSR count). The van der Waals surface area contributed by atoms with Crippen LogP contribution in [0.3, 0.4) is 0 Å². The van der Waals surface area contributed by atoms with E-state index >= 15 is 0 Å². The van der Waals surface area contributed by atoms with Crippen molar-refractivity contribution in [2.75, 3.05) is 38.8 Å². The zero-order valence-corrected chi connectivity index (χ0v) is 17.8. The van der Waals surface area contributed by atoms with Crippen molar-refractivity contribution in [3.8, 4) is 0 Å². The van der Waals surface area contributed by atoms with Gasteiger partial charge in [-0.25, -0.2) is 9.80 Å². The summed E-state index contributed by atoms with van der Waals surface area (Å²) in [5.74, 6) is 0. The molecule has 0 aliphatic carbocycles. The van der Waals surface area contributed by atoms with Crippen molar-refractivity contribution < 1.29 is 14.3 Å². The molecule has 0 saturated carbocycles. The first-order valence-corrected chi connectivity index (χ1v) is 9.93. The highest BCUT2D eigenvalue weighted by atomic mass is 35.5. The highest BCUT2D eigenvalue weighted by Crippen LogP contribution is 2.32. The number of methoxy groups -OCH3 is 1. The molecule has 154 valence electrons. The van der Waals surface area contributed by atoms with Crippen molar-refractivity contribution in [2.24, 2.45) is 10.5 Å². The summed E-state index contributed by atoms with van der Waals surface area (Å²) < 4.78 is 10.8. The lowest BCUT2D eigenvalue weighted by atomic mass is 9.83. The maximum absolute atomic E-state index is 12.8. The van der Waals surface area contributed by atoms with E-state index in [0.29, 0.717) is 42.1 Å². The molecule has 1 aliphatic rings. The summed E-state index contributed by atoms with van der Waals surface area (Å²) in [6.07, 6.45) is 0. The van der Waals surface area contributed by atoms with E-state index in [9.17, 15) is 4.79 Å². The molecule has 0 radical (unpaired) electrons. The minimum atomic E-state index is -0.473. The second kappa shape index (κ2) is 9.59. The van der Waals surface area contributed by atoms with Gasteiger partial charge in [-0.15, -0.1) is 0 Å². The van der Waals surface area contributed by atoms with E-state index in [1.807, 2.05) is 31.2 Å². The Morgan fingerprint density at radius 1 is 1.10 bits per heavy atom. The molecule has 8 heteroatoms. The minimum Gasteiger partial charge on any atom is -0.382 e. The number of hydrogen-bond acceptors (Lipinski definition) is 4. The number of benzene rings is 2. The summed E-state index contributed by atoms with van der Waals surface area (Å²) in [6, 6.07) is 14.0. The smallest absolute Gasteiger partial charge is 0.342 e. The van der Waals surface area contributed by atoms with Gasteiger partial charge in [-0.2, -0.15) is 5.10 Å². The number of ether oxygens (including phenoxy) is 2. The second-order valence-corrected chi connectivity index (χ2v) is 7.93. The van der Waals surface area contributed by atoms with Crippen molar-refractivity contribution in [3.05, 3.63) is 64.1 Å². The van der Waals surface area contributed by atoms with Crippen molar-refractivity contribution in [2.45, 2.75) is 6.92 Å². The fourth-order valence-corrected chi connectivity index (χ4v) is 3.34. The minimum absolute atomic E-state index is 0.320. The molecular weight excluding hydrogens is 413 g/mol. The molecule has 0 aromatic heterocycles. The summed E-state index contributed by atoms with van der Waals surface area (Å²) in [7, 11) is 1.63. The van der Waals surface area contributed by atoms with E-state index in [1.165, 1.54) is 5.01 Å². The van der Waals surface area contributed by atoms with Gasteiger partial charge in [-0.1, -0.05) is 35.3 Å². The molecule has 1 N–H and O–H groups in total. The average molecular weight is 436 g/mol. The number of carbonyl (C=O) groups is 1. The van der Waals surface area contributed by atoms with Gasteiger partial charge < -0.3 is 14.8 Å². The fraction of sp³-hybridized carbons (Fsp3) is 0.333. The summed E-state index contributed by atoms with van der Waals surface area (Å²) in [5.41, 5.74) is 1.85. The molecule has 2 aromatic carbocycles. The van der Waals surface area contributed by atoms with Crippen LogP contribution < -0.4 is 5.32 Å². The van der Waals surface area contributed by atoms with Crippen LogP contribution in [0.25, 0.3) is 0 Å². The van der Waals surface area contributed by atoms with E-state index in [-0.39, 0.29) is 6.03 Å². The van der Waals surface area contributed by atoms with Gasteiger partial charge in [-0.3, -0.25) is 0 Å². The Balaban J connectivity index is 1.80. The number of rotatable bonds is 7. The van der Waals surface area contributed by atoms with Gasteiger partial charge in [0.1, 0.15) is 0 Å². The van der Waals surface area contributed by atoms with Gasteiger partial charge in [0.15, 0.2) is 0 Å². The molecule has 0 fully saturated rings. The van der Waals surface area contributed by atoms with E-state index < -0.39 is 5.41 Å². The highest BCUT2D eigenvalue weighted by Gasteiger charge is 2.41. The summed E-state index contributed by atoms with van der Waals surface area (Å²) in [6.45, 7) is 3.80. The highest BCUT2D eigenvalue weighted by molar-refractivity contribution is 6.31. The van der Waals surface area contributed by atoms with E-state index in [1.54, 1.807) is 31.4 Å². The van der Waals surface area contributed by atoms with Gasteiger partial charge in [0.2, 0.25) is 0 Å². The summed E-state index contributed by atoms with van der Waals surface area (Å²) in [4.78, 5) is 12.8. The lowest BCUT2D eigenvalue weighted by molar-refractivity contribution is 0.0400. The van der Waals surface area contributed by atoms with Gasteiger partial charge in [0, 0.05) is 22.8 Å². The van der Waals surface area contributed by atoms with E-state index in [2.05, 4.69) is 10.4 Å². The SMILES string of the molecule is COCCOCC1(C)CN(C(=O)Nc2ccc(Cl)cc2)N=C1c1ccc(Cl)cc1. The first-order chi connectivity index (χ1) is 13.9. The zero-order valence-electron chi connectivity index (χ0n) is 16.3. The first kappa shape index (κ1) is 21.6. The molecular formula is C21H23Cl2N3O3. The number of urea groups is 1. The molecule has 0 bridgehead atoms. The molecule has 2 amide bonds. The first-order valence-electron chi connectivity index (χ1n) is 9.17. The second-order valence-electron chi connectivity index (χ2n) is 7.06. The van der Waals surface area contributed by atoms with Crippen LogP contribution in [0, 0.1) is 5.41 Å². The van der Waals surface area contributed by atoms with Gasteiger partial charge in [0.25, 0.3) is 0 Å². The molecule has 29 heavy (non-hydrogen) atoms. The largest absolute Gasteiger partial charge is 0.382 e. The standard InChI is InChI=1S/C21H23Cl2N3O3/c1-21(14-29-12-11-28-2)13-26(20(27)24-18-9-7-17(23)8-10-18)25-19(21)15-3-5-16(22)6-4-15/h3-10H,11-14H2,1-2H3,(H,24,27). The fourth-order valence-electron chi connectivity index (χ4n) is 3.09. The van der Waals surface area contributed by atoms with Crippen LogP contribution in [0.2, 0.25) is 10.0 Å². The van der Waals surface area contributed by atoms with Gasteiger partial charge >= 0.3 is 6.03 Å². The predicted molar refractivity (Wildman–Crippen MR) is 116 cm³/mol. The lowest BCUT2D eigenvalue weighted by Crippen LogP contribution is -2.39. The molecule has 1 unspecified atom stereocenters. The Morgan fingerprint density at radius 3 is 2.34 bits per heavy atom. The number of hydrogen-bond donors (Lipinski definition) is 1. The van der Waals surface area contributed by atoms with Gasteiger partial charge in [0.05, 0.1) is 37.5 Å². The predicted octanol–water partition coefficient (Wildman–Crippen LogP) is 4.91. The van der Waals surface area contributed by atoms with Crippen molar-refractivity contribution in [3.63, 3.8) is 0 Å². The van der Waals surface area contributed by atoms with E-state index in [4.69, 9.17) is 32.7 Å². The Labute approximate surface area is 180 Å². The number of carbonyl (C=O) groups excluding carboxylic acids is 1. The van der Waals surface area contributed by atoms with Crippen LogP contribution in [0.15, 0.2) is 53.6 Å². The Bertz CT molecular complexity index is 872. The molecule has 2 aromatic rings. The van der Waals surface area contributed by atoms with Crippen molar-refractivity contribution in [1.82, 2.24) is 5.01 Å². The third-order valence-electron chi connectivity index (χ3n) is 4.59. The molecule has 1 aliphatic heterocycles. The molecule has 0 spiro atoms. The molecule has 0 saturated heterocycles.